The Morgan fingerprint density at radius 3 is 1.96 bits per heavy atom. The summed E-state index contributed by atoms with van der Waals surface area (Å²) in [5.41, 5.74) is -4.28. The molecule has 0 N–H and O–H groups in total. The number of amides is 1. The maximum absolute atomic E-state index is 13.7. The number of carbonyl (C=O) groups excluding carboxylic acids is 2. The average Bonchev–Trinajstić information content (AvgIpc) is 2.38. The molecule has 0 saturated heterocycles. The quantitative estimate of drug-likeness (QED) is 0.550. The third-order valence-electron chi connectivity index (χ3n) is 2.82. The molecule has 1 amide bonds. The molecule has 132 valence electrons. The highest BCUT2D eigenvalue weighted by molar-refractivity contribution is 5.87. The zero-order valence-electron chi connectivity index (χ0n) is 13.7. The first-order valence-corrected chi connectivity index (χ1v) is 6.75. The molecule has 0 fully saturated rings. The van der Waals surface area contributed by atoms with Crippen LogP contribution in [0.4, 0.5) is 18.0 Å². The van der Waals surface area contributed by atoms with Crippen LogP contribution in [0.3, 0.4) is 0 Å². The molecule has 0 aliphatic carbocycles. The molecule has 0 spiro atoms. The van der Waals surface area contributed by atoms with Gasteiger partial charge >= 0.3 is 18.2 Å². The van der Waals surface area contributed by atoms with Gasteiger partial charge in [-0.15, -0.1) is 13.2 Å². The summed E-state index contributed by atoms with van der Waals surface area (Å²) in [6.45, 7) is 10.5. The lowest BCUT2D eigenvalue weighted by Gasteiger charge is -2.41. The summed E-state index contributed by atoms with van der Waals surface area (Å²) >= 11 is 0. The van der Waals surface area contributed by atoms with Crippen molar-refractivity contribution in [3.8, 4) is 0 Å². The first-order valence-electron chi connectivity index (χ1n) is 6.75. The predicted molar refractivity (Wildman–Crippen MR) is 78.8 cm³/mol. The van der Waals surface area contributed by atoms with E-state index in [0.717, 1.165) is 19.3 Å². The summed E-state index contributed by atoms with van der Waals surface area (Å²) in [5.74, 6) is -1.63. The number of carbonyl (C=O) groups is 2. The normalized spacial score (nSPS) is 14.4. The van der Waals surface area contributed by atoms with E-state index in [1.54, 1.807) is 0 Å². The van der Waals surface area contributed by atoms with Gasteiger partial charge in [0.1, 0.15) is 5.60 Å². The number of ether oxygens (including phenoxy) is 2. The molecule has 0 bridgehead atoms. The van der Waals surface area contributed by atoms with Crippen molar-refractivity contribution in [3.05, 3.63) is 25.3 Å². The summed E-state index contributed by atoms with van der Waals surface area (Å²) in [7, 11) is 0.813. The Morgan fingerprint density at radius 1 is 1.13 bits per heavy atom. The molecule has 8 heteroatoms. The first-order chi connectivity index (χ1) is 10.4. The van der Waals surface area contributed by atoms with Crippen LogP contribution in [0.25, 0.3) is 0 Å². The van der Waals surface area contributed by atoms with E-state index in [4.69, 9.17) is 4.74 Å². The van der Waals surface area contributed by atoms with Crippen molar-refractivity contribution < 1.29 is 32.2 Å². The van der Waals surface area contributed by atoms with Crippen LogP contribution >= 0.6 is 0 Å². The average molecular weight is 337 g/mol. The highest BCUT2D eigenvalue weighted by Gasteiger charge is 2.66. The minimum Gasteiger partial charge on any atom is -0.467 e. The van der Waals surface area contributed by atoms with Gasteiger partial charge in [0.05, 0.1) is 7.11 Å². The van der Waals surface area contributed by atoms with Crippen molar-refractivity contribution in [2.45, 2.75) is 44.5 Å². The van der Waals surface area contributed by atoms with Gasteiger partial charge in [-0.05, 0) is 20.8 Å². The molecule has 0 rings (SSSR count). The highest BCUT2D eigenvalue weighted by atomic mass is 19.4. The van der Waals surface area contributed by atoms with Crippen molar-refractivity contribution in [1.29, 1.82) is 0 Å². The van der Waals surface area contributed by atoms with Gasteiger partial charge in [0.2, 0.25) is 5.54 Å². The van der Waals surface area contributed by atoms with Gasteiger partial charge in [0.25, 0.3) is 0 Å². The Labute approximate surface area is 133 Å². The molecule has 0 saturated carbocycles. The van der Waals surface area contributed by atoms with Crippen molar-refractivity contribution in [2.75, 3.05) is 13.7 Å². The molecule has 0 heterocycles. The Hall–Kier alpha value is -1.99. The van der Waals surface area contributed by atoms with Gasteiger partial charge in [-0.3, -0.25) is 4.90 Å². The number of methoxy groups -OCH3 is 1. The van der Waals surface area contributed by atoms with E-state index in [-0.39, 0.29) is 4.90 Å². The van der Waals surface area contributed by atoms with Crippen molar-refractivity contribution in [2.24, 2.45) is 0 Å². The molecular formula is C15H22F3NO4. The molecule has 0 radical (unpaired) electrons. The van der Waals surface area contributed by atoms with E-state index < -0.39 is 42.3 Å². The molecule has 0 aromatic rings. The number of halogens is 3. The standard InChI is InChI=1S/C15H22F3NO4/c1-7-9-14(11(20)22-6,15(16,17)18)19(10-8-2)12(21)23-13(3,4)5/h7-8H,1-2,9-10H2,3-6H3. The maximum atomic E-state index is 13.7. The second-order valence-electron chi connectivity index (χ2n) is 5.72. The lowest BCUT2D eigenvalue weighted by atomic mass is 9.92. The first kappa shape index (κ1) is 21.0. The summed E-state index contributed by atoms with van der Waals surface area (Å²) in [5, 5.41) is 0. The van der Waals surface area contributed by atoms with Gasteiger partial charge in [-0.2, -0.15) is 13.2 Å². The van der Waals surface area contributed by atoms with Gasteiger partial charge < -0.3 is 9.47 Å². The van der Waals surface area contributed by atoms with E-state index in [9.17, 15) is 22.8 Å². The third-order valence-corrected chi connectivity index (χ3v) is 2.82. The molecule has 0 aliphatic heterocycles. The number of hydrogen-bond donors (Lipinski definition) is 0. The largest absolute Gasteiger partial charge is 0.467 e. The Kier molecular flexibility index (Phi) is 6.87. The SMILES string of the molecule is C=CCN(C(=O)OC(C)(C)C)C(CC=C)(C(=O)OC)C(F)(F)F. The second kappa shape index (κ2) is 7.52. The van der Waals surface area contributed by atoms with E-state index in [0.29, 0.717) is 0 Å². The Balaban J connectivity index is 6.22. The van der Waals surface area contributed by atoms with Gasteiger partial charge in [-0.25, -0.2) is 9.59 Å². The summed E-state index contributed by atoms with van der Waals surface area (Å²) in [6, 6.07) is 0. The van der Waals surface area contributed by atoms with Crippen LogP contribution in [0.15, 0.2) is 25.3 Å². The van der Waals surface area contributed by atoms with E-state index in [2.05, 4.69) is 17.9 Å². The fourth-order valence-electron chi connectivity index (χ4n) is 1.90. The lowest BCUT2D eigenvalue weighted by Crippen LogP contribution is -2.66. The van der Waals surface area contributed by atoms with Gasteiger partial charge in [0, 0.05) is 13.0 Å². The number of hydrogen-bond acceptors (Lipinski definition) is 4. The number of nitrogens with zero attached hydrogens (tertiary/aromatic N) is 1. The van der Waals surface area contributed by atoms with Gasteiger partial charge in [0.15, 0.2) is 0 Å². The fourth-order valence-corrected chi connectivity index (χ4v) is 1.90. The van der Waals surface area contributed by atoms with Crippen molar-refractivity contribution >= 4 is 12.1 Å². The molecule has 0 aromatic heterocycles. The van der Waals surface area contributed by atoms with E-state index in [1.807, 2.05) is 0 Å². The Morgan fingerprint density at radius 2 is 1.65 bits per heavy atom. The van der Waals surface area contributed by atoms with E-state index >= 15 is 0 Å². The molecular weight excluding hydrogens is 315 g/mol. The Bertz CT molecular complexity index is 468. The second-order valence-corrected chi connectivity index (χ2v) is 5.72. The minimum atomic E-state index is -5.10. The van der Waals surface area contributed by atoms with Crippen LogP contribution < -0.4 is 0 Å². The smallest absolute Gasteiger partial charge is 0.423 e. The predicted octanol–water partition coefficient (Wildman–Crippen LogP) is 3.46. The topological polar surface area (TPSA) is 55.8 Å². The van der Waals surface area contributed by atoms with Crippen molar-refractivity contribution in [1.82, 2.24) is 4.90 Å². The monoisotopic (exact) mass is 337 g/mol. The fraction of sp³-hybridized carbons (Fsp3) is 0.600. The zero-order chi connectivity index (χ0) is 18.5. The molecule has 1 unspecified atom stereocenters. The van der Waals surface area contributed by atoms with Crippen LogP contribution in [-0.2, 0) is 14.3 Å². The molecule has 0 aliphatic rings. The molecule has 1 atom stereocenters. The number of esters is 1. The number of alkyl halides is 3. The van der Waals surface area contributed by atoms with Crippen LogP contribution in [-0.4, -0.2) is 47.9 Å². The summed E-state index contributed by atoms with van der Waals surface area (Å²) in [4.78, 5) is 24.5. The van der Waals surface area contributed by atoms with Crippen LogP contribution in [0.2, 0.25) is 0 Å². The third kappa shape index (κ3) is 4.74. The van der Waals surface area contributed by atoms with E-state index in [1.165, 1.54) is 20.8 Å². The van der Waals surface area contributed by atoms with Crippen LogP contribution in [0.1, 0.15) is 27.2 Å². The highest BCUT2D eigenvalue weighted by Crippen LogP contribution is 2.40. The van der Waals surface area contributed by atoms with Gasteiger partial charge in [-0.1, -0.05) is 12.2 Å². The maximum Gasteiger partial charge on any atom is 0.423 e. The van der Waals surface area contributed by atoms with Crippen molar-refractivity contribution in [3.63, 3.8) is 0 Å². The minimum absolute atomic E-state index is 0.263. The summed E-state index contributed by atoms with van der Waals surface area (Å²) < 4.78 is 50.5. The van der Waals surface area contributed by atoms with Crippen LogP contribution in [0, 0.1) is 0 Å². The zero-order valence-corrected chi connectivity index (χ0v) is 13.7. The van der Waals surface area contributed by atoms with Crippen LogP contribution in [0.5, 0.6) is 0 Å². The molecule has 5 nitrogen and oxygen atoms in total. The lowest BCUT2D eigenvalue weighted by molar-refractivity contribution is -0.234. The number of rotatable bonds is 6. The molecule has 23 heavy (non-hydrogen) atoms. The molecule has 0 aromatic carbocycles. The summed E-state index contributed by atoms with van der Waals surface area (Å²) in [6.07, 6.45) is -5.33.